The molecule has 1 unspecified atom stereocenters. The van der Waals surface area contributed by atoms with E-state index in [0.29, 0.717) is 12.4 Å². The number of carboxylic acids is 1. The number of amides is 2. The monoisotopic (exact) mass is 340 g/mol. The number of carbonyl (C=O) groups is 2. The number of urea groups is 1. The number of hydrogen-bond acceptors (Lipinski definition) is 4. The van der Waals surface area contributed by atoms with Crippen molar-refractivity contribution >= 4 is 23.5 Å². The van der Waals surface area contributed by atoms with Crippen LogP contribution in [-0.2, 0) is 0 Å². The first-order chi connectivity index (χ1) is 12.0. The zero-order valence-electron chi connectivity index (χ0n) is 13.9. The number of aromatic carboxylic acids is 1. The van der Waals surface area contributed by atoms with Gasteiger partial charge >= 0.3 is 12.0 Å². The van der Waals surface area contributed by atoms with Gasteiger partial charge in [0.1, 0.15) is 5.82 Å². The van der Waals surface area contributed by atoms with Gasteiger partial charge in [0.2, 0.25) is 0 Å². The molecule has 7 nitrogen and oxygen atoms in total. The van der Waals surface area contributed by atoms with Crippen LogP contribution in [0, 0.1) is 0 Å². The largest absolute Gasteiger partial charge is 0.477 e. The maximum Gasteiger partial charge on any atom is 0.354 e. The zero-order chi connectivity index (χ0) is 17.8. The van der Waals surface area contributed by atoms with Gasteiger partial charge in [0, 0.05) is 24.8 Å². The topological polar surface area (TPSA) is 94.6 Å². The minimum Gasteiger partial charge on any atom is -0.477 e. The molecule has 3 N–H and O–H groups in total. The summed E-state index contributed by atoms with van der Waals surface area (Å²) in [4.78, 5) is 28.7. The van der Waals surface area contributed by atoms with Crippen molar-refractivity contribution in [3.05, 3.63) is 53.7 Å². The lowest BCUT2D eigenvalue weighted by Gasteiger charge is -2.27. The van der Waals surface area contributed by atoms with E-state index in [1.54, 1.807) is 17.0 Å². The standard InChI is InChI=1S/C18H20N4O3/c1-12(20-16-5-2-4-15(21-16)17(23)24)13-6-8-14(9-7-13)22-11-3-10-19-18(22)25/h2,4-9,12H,3,10-11H2,1H3,(H,19,25)(H,20,21)(H,23,24). The molecule has 2 aromatic rings. The number of nitrogens with one attached hydrogen (secondary N) is 2. The summed E-state index contributed by atoms with van der Waals surface area (Å²) in [5.41, 5.74) is 1.88. The van der Waals surface area contributed by atoms with Crippen molar-refractivity contribution in [3.8, 4) is 0 Å². The number of nitrogens with zero attached hydrogens (tertiary/aromatic N) is 2. The summed E-state index contributed by atoms with van der Waals surface area (Å²) >= 11 is 0. The Hall–Kier alpha value is -3.09. The molecule has 0 saturated carbocycles. The molecule has 7 heteroatoms. The van der Waals surface area contributed by atoms with Gasteiger partial charge in [-0.15, -0.1) is 0 Å². The number of anilines is 2. The molecule has 25 heavy (non-hydrogen) atoms. The Kier molecular flexibility index (Phi) is 4.83. The molecule has 1 aromatic carbocycles. The van der Waals surface area contributed by atoms with Crippen LogP contribution >= 0.6 is 0 Å². The Balaban J connectivity index is 1.70. The Morgan fingerprint density at radius 2 is 2.04 bits per heavy atom. The molecule has 0 bridgehead atoms. The molecule has 1 saturated heterocycles. The minimum atomic E-state index is -1.06. The number of rotatable bonds is 5. The van der Waals surface area contributed by atoms with E-state index in [0.717, 1.165) is 24.2 Å². The van der Waals surface area contributed by atoms with Crippen LogP contribution in [0.25, 0.3) is 0 Å². The van der Waals surface area contributed by atoms with Gasteiger partial charge in [-0.05, 0) is 43.2 Å². The summed E-state index contributed by atoms with van der Waals surface area (Å²) in [5, 5.41) is 15.0. The van der Waals surface area contributed by atoms with E-state index in [4.69, 9.17) is 5.11 Å². The van der Waals surface area contributed by atoms with Crippen molar-refractivity contribution in [3.63, 3.8) is 0 Å². The average Bonchev–Trinajstić information content (AvgIpc) is 2.62. The second kappa shape index (κ2) is 7.21. The fraction of sp³-hybridized carbons (Fsp3) is 0.278. The third kappa shape index (κ3) is 3.88. The lowest BCUT2D eigenvalue weighted by atomic mass is 10.1. The van der Waals surface area contributed by atoms with Gasteiger partial charge in [-0.3, -0.25) is 4.90 Å². The lowest BCUT2D eigenvalue weighted by Crippen LogP contribution is -2.46. The zero-order valence-corrected chi connectivity index (χ0v) is 13.9. The summed E-state index contributed by atoms with van der Waals surface area (Å²) in [5.74, 6) is -0.549. The van der Waals surface area contributed by atoms with Gasteiger partial charge in [0.05, 0.1) is 0 Å². The van der Waals surface area contributed by atoms with Gasteiger partial charge in [0.15, 0.2) is 5.69 Å². The van der Waals surface area contributed by atoms with Gasteiger partial charge < -0.3 is 15.7 Å². The Morgan fingerprint density at radius 3 is 2.72 bits per heavy atom. The van der Waals surface area contributed by atoms with Crippen LogP contribution in [0.3, 0.4) is 0 Å². The van der Waals surface area contributed by atoms with Crippen LogP contribution in [0.4, 0.5) is 16.3 Å². The lowest BCUT2D eigenvalue weighted by molar-refractivity contribution is 0.0690. The highest BCUT2D eigenvalue weighted by Crippen LogP contribution is 2.23. The number of pyridine rings is 1. The molecule has 1 aliphatic heterocycles. The Labute approximate surface area is 145 Å². The summed E-state index contributed by atoms with van der Waals surface area (Å²) < 4.78 is 0. The van der Waals surface area contributed by atoms with Crippen LogP contribution in [0.5, 0.6) is 0 Å². The highest BCUT2D eigenvalue weighted by Gasteiger charge is 2.19. The van der Waals surface area contributed by atoms with E-state index in [1.165, 1.54) is 6.07 Å². The van der Waals surface area contributed by atoms with Crippen LogP contribution in [0.2, 0.25) is 0 Å². The molecule has 2 heterocycles. The number of benzene rings is 1. The quantitative estimate of drug-likeness (QED) is 0.778. The van der Waals surface area contributed by atoms with E-state index >= 15 is 0 Å². The van der Waals surface area contributed by atoms with Gasteiger partial charge in [-0.2, -0.15) is 0 Å². The van der Waals surface area contributed by atoms with Crippen molar-refractivity contribution in [2.45, 2.75) is 19.4 Å². The fourth-order valence-corrected chi connectivity index (χ4v) is 2.76. The Bertz CT molecular complexity index is 776. The predicted molar refractivity (Wildman–Crippen MR) is 95.0 cm³/mol. The van der Waals surface area contributed by atoms with Gasteiger partial charge in [-0.25, -0.2) is 14.6 Å². The van der Waals surface area contributed by atoms with Crippen LogP contribution < -0.4 is 15.5 Å². The molecule has 0 aliphatic carbocycles. The second-order valence-corrected chi connectivity index (χ2v) is 5.91. The fourth-order valence-electron chi connectivity index (χ4n) is 2.76. The molecule has 0 radical (unpaired) electrons. The maximum absolute atomic E-state index is 11.9. The first kappa shape index (κ1) is 16.8. The maximum atomic E-state index is 11.9. The molecule has 130 valence electrons. The summed E-state index contributed by atoms with van der Waals surface area (Å²) in [6, 6.07) is 12.5. The molecule has 1 aromatic heterocycles. The number of carboxylic acid groups (broad SMARTS) is 1. The van der Waals surface area contributed by atoms with Crippen molar-refractivity contribution in [1.29, 1.82) is 0 Å². The predicted octanol–water partition coefficient (Wildman–Crippen LogP) is 2.87. The van der Waals surface area contributed by atoms with Crippen molar-refractivity contribution in [2.75, 3.05) is 23.3 Å². The van der Waals surface area contributed by atoms with E-state index in [1.807, 2.05) is 31.2 Å². The van der Waals surface area contributed by atoms with Crippen LogP contribution in [0.1, 0.15) is 35.4 Å². The van der Waals surface area contributed by atoms with E-state index in [9.17, 15) is 9.59 Å². The first-order valence-electron chi connectivity index (χ1n) is 8.17. The SMILES string of the molecule is CC(Nc1cccc(C(=O)O)n1)c1ccc(N2CCCNC2=O)cc1. The van der Waals surface area contributed by atoms with Crippen molar-refractivity contribution in [1.82, 2.24) is 10.3 Å². The average molecular weight is 340 g/mol. The van der Waals surface area contributed by atoms with Crippen LogP contribution in [-0.4, -0.2) is 35.2 Å². The van der Waals surface area contributed by atoms with Crippen LogP contribution in [0.15, 0.2) is 42.5 Å². The summed E-state index contributed by atoms with van der Waals surface area (Å²) in [6.07, 6.45) is 0.928. The normalized spacial score (nSPS) is 15.4. The number of hydrogen-bond donors (Lipinski definition) is 3. The summed E-state index contributed by atoms with van der Waals surface area (Å²) in [6.45, 7) is 3.40. The molecule has 1 fully saturated rings. The third-order valence-corrected chi connectivity index (χ3v) is 4.12. The number of aromatic nitrogens is 1. The molecular weight excluding hydrogens is 320 g/mol. The van der Waals surface area contributed by atoms with Crippen molar-refractivity contribution < 1.29 is 14.7 Å². The molecule has 0 spiro atoms. The van der Waals surface area contributed by atoms with E-state index in [2.05, 4.69) is 15.6 Å². The minimum absolute atomic E-state index is 0.00339. The highest BCUT2D eigenvalue weighted by molar-refractivity contribution is 5.92. The first-order valence-corrected chi connectivity index (χ1v) is 8.17. The number of carbonyl (C=O) groups excluding carboxylic acids is 1. The molecule has 1 atom stereocenters. The van der Waals surface area contributed by atoms with E-state index < -0.39 is 5.97 Å². The molecular formula is C18H20N4O3. The second-order valence-electron chi connectivity index (χ2n) is 5.91. The van der Waals surface area contributed by atoms with E-state index in [-0.39, 0.29) is 17.8 Å². The molecule has 1 aliphatic rings. The molecule has 2 amide bonds. The van der Waals surface area contributed by atoms with Crippen molar-refractivity contribution in [2.24, 2.45) is 0 Å². The summed E-state index contributed by atoms with van der Waals surface area (Å²) in [7, 11) is 0. The van der Waals surface area contributed by atoms with Gasteiger partial charge in [0.25, 0.3) is 0 Å². The third-order valence-electron chi connectivity index (χ3n) is 4.12. The Morgan fingerprint density at radius 1 is 1.28 bits per heavy atom. The highest BCUT2D eigenvalue weighted by atomic mass is 16.4. The smallest absolute Gasteiger partial charge is 0.354 e. The van der Waals surface area contributed by atoms with Gasteiger partial charge in [-0.1, -0.05) is 18.2 Å². The molecule has 3 rings (SSSR count).